The maximum absolute atomic E-state index is 11.8. The predicted octanol–water partition coefficient (Wildman–Crippen LogP) is 3.76. The van der Waals surface area contributed by atoms with Crippen LogP contribution in [0.2, 0.25) is 0 Å². The molecule has 1 N–H and O–H groups in total. The van der Waals surface area contributed by atoms with Crippen molar-refractivity contribution in [2.45, 2.75) is 33.1 Å². The fraction of sp³-hybridized carbons (Fsp3) is 0.500. The first-order valence-corrected chi connectivity index (χ1v) is 7.17. The summed E-state index contributed by atoms with van der Waals surface area (Å²) in [7, 11) is 0. The minimum absolute atomic E-state index is 0.0216. The molecule has 1 atom stereocenters. The maximum atomic E-state index is 11.8. The normalized spacial score (nSPS) is 18.6. The Kier molecular flexibility index (Phi) is 4.27. The molecule has 0 spiro atoms. The fourth-order valence-electron chi connectivity index (χ4n) is 1.95. The Morgan fingerprint density at radius 1 is 1.50 bits per heavy atom. The number of halogens is 1. The van der Waals surface area contributed by atoms with E-state index in [1.807, 2.05) is 13.0 Å². The largest absolute Gasteiger partial charge is 0.489 e. The minimum Gasteiger partial charge on any atom is -0.489 e. The van der Waals surface area contributed by atoms with Gasteiger partial charge in [0.05, 0.1) is 22.7 Å². The van der Waals surface area contributed by atoms with Crippen LogP contribution in [-0.4, -0.2) is 12.5 Å². The van der Waals surface area contributed by atoms with Gasteiger partial charge in [-0.2, -0.15) is 0 Å². The molecule has 4 heteroatoms. The number of rotatable bonds is 3. The number of carbonyl (C=O) groups is 1. The van der Waals surface area contributed by atoms with Gasteiger partial charge in [0.25, 0.3) is 0 Å². The van der Waals surface area contributed by atoms with Crippen LogP contribution in [0.1, 0.15) is 32.3 Å². The molecule has 0 fully saturated rings. The highest BCUT2D eigenvalue weighted by molar-refractivity contribution is 9.10. The van der Waals surface area contributed by atoms with Gasteiger partial charge in [0, 0.05) is 0 Å². The van der Waals surface area contributed by atoms with Gasteiger partial charge in [-0.25, -0.2) is 0 Å². The summed E-state index contributed by atoms with van der Waals surface area (Å²) in [5.41, 5.74) is 2.01. The second-order valence-corrected chi connectivity index (χ2v) is 5.61. The summed E-state index contributed by atoms with van der Waals surface area (Å²) in [4.78, 5) is 11.8. The van der Waals surface area contributed by atoms with Crippen molar-refractivity contribution in [2.75, 3.05) is 11.9 Å². The zero-order chi connectivity index (χ0) is 13.1. The minimum atomic E-state index is -0.122. The van der Waals surface area contributed by atoms with Crippen LogP contribution in [0.4, 0.5) is 5.69 Å². The quantitative estimate of drug-likeness (QED) is 0.923. The molecule has 1 amide bonds. The highest BCUT2D eigenvalue weighted by atomic mass is 79.9. The Labute approximate surface area is 116 Å². The zero-order valence-corrected chi connectivity index (χ0v) is 12.3. The lowest BCUT2D eigenvalue weighted by Gasteiger charge is -2.11. The average molecular weight is 312 g/mol. The van der Waals surface area contributed by atoms with E-state index >= 15 is 0 Å². The van der Waals surface area contributed by atoms with E-state index in [-0.39, 0.29) is 11.8 Å². The summed E-state index contributed by atoms with van der Waals surface area (Å²) >= 11 is 3.52. The van der Waals surface area contributed by atoms with Crippen molar-refractivity contribution in [1.29, 1.82) is 0 Å². The summed E-state index contributed by atoms with van der Waals surface area (Å²) in [5, 5.41) is 2.94. The van der Waals surface area contributed by atoms with Crippen LogP contribution in [0.15, 0.2) is 16.6 Å². The van der Waals surface area contributed by atoms with Crippen LogP contribution < -0.4 is 10.1 Å². The Bertz CT molecular complexity index is 459. The zero-order valence-electron chi connectivity index (χ0n) is 10.8. The van der Waals surface area contributed by atoms with Crippen molar-refractivity contribution in [2.24, 2.45) is 5.92 Å². The highest BCUT2D eigenvalue weighted by Crippen LogP contribution is 2.37. The molecule has 0 saturated heterocycles. The van der Waals surface area contributed by atoms with Crippen molar-refractivity contribution in [3.8, 4) is 5.75 Å². The monoisotopic (exact) mass is 311 g/mol. The van der Waals surface area contributed by atoms with E-state index in [9.17, 15) is 4.79 Å². The van der Waals surface area contributed by atoms with Gasteiger partial charge in [-0.1, -0.05) is 20.3 Å². The number of benzene rings is 1. The van der Waals surface area contributed by atoms with Gasteiger partial charge in [0.1, 0.15) is 0 Å². The first-order chi connectivity index (χ1) is 8.61. The molecule has 0 radical (unpaired) electrons. The molecule has 2 rings (SSSR count). The van der Waals surface area contributed by atoms with E-state index in [0.717, 1.165) is 35.2 Å². The lowest BCUT2D eigenvalue weighted by atomic mass is 10.1. The number of hydrogen-bond acceptors (Lipinski definition) is 2. The SMILES string of the molecule is CCCCc1cc(Br)c2c(c1)NC(=O)C(C)CO2. The summed E-state index contributed by atoms with van der Waals surface area (Å²) in [6, 6.07) is 4.10. The second-order valence-electron chi connectivity index (χ2n) is 4.76. The molecular weight excluding hydrogens is 294 g/mol. The molecule has 3 nitrogen and oxygen atoms in total. The van der Waals surface area contributed by atoms with Gasteiger partial charge in [-0.3, -0.25) is 4.79 Å². The predicted molar refractivity (Wildman–Crippen MR) is 76.0 cm³/mol. The molecule has 1 aliphatic heterocycles. The van der Waals surface area contributed by atoms with E-state index in [1.54, 1.807) is 0 Å². The van der Waals surface area contributed by atoms with Crippen molar-refractivity contribution in [3.63, 3.8) is 0 Å². The Morgan fingerprint density at radius 3 is 3.00 bits per heavy atom. The standard InChI is InChI=1S/C14H18BrNO2/c1-3-4-5-10-6-11(15)13-12(7-10)16-14(17)9(2)8-18-13/h6-7,9H,3-5,8H2,1-2H3,(H,16,17). The number of aryl methyl sites for hydroxylation is 1. The van der Waals surface area contributed by atoms with Crippen LogP contribution in [0.25, 0.3) is 0 Å². The van der Waals surface area contributed by atoms with Crippen molar-refractivity contribution >= 4 is 27.5 Å². The summed E-state index contributed by atoms with van der Waals surface area (Å²) in [5.74, 6) is 0.643. The Hall–Kier alpha value is -1.03. The summed E-state index contributed by atoms with van der Waals surface area (Å²) < 4.78 is 6.61. The number of hydrogen-bond donors (Lipinski definition) is 1. The van der Waals surface area contributed by atoms with Crippen LogP contribution in [0.3, 0.4) is 0 Å². The second kappa shape index (κ2) is 5.74. The highest BCUT2D eigenvalue weighted by Gasteiger charge is 2.22. The van der Waals surface area contributed by atoms with Gasteiger partial charge in [-0.15, -0.1) is 0 Å². The van der Waals surface area contributed by atoms with Gasteiger partial charge in [0.2, 0.25) is 5.91 Å². The van der Waals surface area contributed by atoms with Gasteiger partial charge in [0.15, 0.2) is 5.75 Å². The number of nitrogens with one attached hydrogen (secondary N) is 1. The van der Waals surface area contributed by atoms with Gasteiger partial charge < -0.3 is 10.1 Å². The lowest BCUT2D eigenvalue weighted by molar-refractivity contribution is -0.119. The van der Waals surface area contributed by atoms with Crippen molar-refractivity contribution < 1.29 is 9.53 Å². The van der Waals surface area contributed by atoms with Crippen molar-refractivity contribution in [1.82, 2.24) is 0 Å². The molecule has 0 saturated carbocycles. The molecule has 0 aliphatic carbocycles. The molecule has 1 aliphatic rings. The maximum Gasteiger partial charge on any atom is 0.230 e. The van der Waals surface area contributed by atoms with E-state index in [4.69, 9.17) is 4.74 Å². The lowest BCUT2D eigenvalue weighted by Crippen LogP contribution is -2.22. The van der Waals surface area contributed by atoms with Crippen molar-refractivity contribution in [3.05, 3.63) is 22.2 Å². The number of ether oxygens (including phenoxy) is 1. The smallest absolute Gasteiger partial charge is 0.230 e. The van der Waals surface area contributed by atoms with E-state index in [0.29, 0.717) is 6.61 Å². The van der Waals surface area contributed by atoms with Crippen LogP contribution in [0, 0.1) is 5.92 Å². The molecule has 1 aromatic rings. The van der Waals surface area contributed by atoms with Crippen LogP contribution >= 0.6 is 15.9 Å². The average Bonchev–Trinajstić information content (AvgIpc) is 2.47. The van der Waals surface area contributed by atoms with E-state index in [2.05, 4.69) is 34.2 Å². The number of anilines is 1. The van der Waals surface area contributed by atoms with E-state index < -0.39 is 0 Å². The fourth-order valence-corrected chi connectivity index (χ4v) is 2.58. The molecular formula is C14H18BrNO2. The molecule has 1 aromatic carbocycles. The summed E-state index contributed by atoms with van der Waals surface area (Å²) in [6.45, 7) is 4.46. The number of carbonyl (C=O) groups excluding carboxylic acids is 1. The first kappa shape index (κ1) is 13.4. The van der Waals surface area contributed by atoms with Crippen LogP contribution in [-0.2, 0) is 11.2 Å². The molecule has 18 heavy (non-hydrogen) atoms. The van der Waals surface area contributed by atoms with Crippen LogP contribution in [0.5, 0.6) is 5.75 Å². The molecule has 1 unspecified atom stereocenters. The topological polar surface area (TPSA) is 38.3 Å². The molecule has 0 bridgehead atoms. The Balaban J connectivity index is 2.31. The summed E-state index contributed by atoms with van der Waals surface area (Å²) in [6.07, 6.45) is 3.33. The molecule has 98 valence electrons. The number of fused-ring (bicyclic) bond motifs is 1. The Morgan fingerprint density at radius 2 is 2.28 bits per heavy atom. The first-order valence-electron chi connectivity index (χ1n) is 6.38. The third-order valence-electron chi connectivity index (χ3n) is 3.11. The van der Waals surface area contributed by atoms with Gasteiger partial charge in [-0.05, 0) is 46.5 Å². The molecule has 0 aromatic heterocycles. The molecule has 1 heterocycles. The number of unbranched alkanes of at least 4 members (excludes halogenated alkanes) is 1. The third kappa shape index (κ3) is 2.86. The number of amides is 1. The van der Waals surface area contributed by atoms with E-state index in [1.165, 1.54) is 5.56 Å². The van der Waals surface area contributed by atoms with Gasteiger partial charge >= 0.3 is 0 Å². The third-order valence-corrected chi connectivity index (χ3v) is 3.69.